The Hall–Kier alpha value is -1.69. The number of imide groups is 1. The predicted molar refractivity (Wildman–Crippen MR) is 69.1 cm³/mol. The van der Waals surface area contributed by atoms with Gasteiger partial charge in [-0.05, 0) is 38.3 Å². The standard InChI is InChI=1S/C13H19N3O3/c17-11(9-16-12(18)1-2-13(16)19)15-8-5-10-3-6-14-7-4-10/h1-2,10,14H,3-9H2,(H,15,17). The molecule has 0 aromatic rings. The lowest BCUT2D eigenvalue weighted by atomic mass is 9.95. The summed E-state index contributed by atoms with van der Waals surface area (Å²) in [4.78, 5) is 35.1. The molecule has 0 bridgehead atoms. The lowest BCUT2D eigenvalue weighted by Crippen LogP contribution is -2.41. The molecule has 1 saturated heterocycles. The van der Waals surface area contributed by atoms with Crippen molar-refractivity contribution in [1.29, 1.82) is 0 Å². The first kappa shape index (κ1) is 13.7. The minimum atomic E-state index is -0.418. The number of rotatable bonds is 5. The second kappa shape index (κ2) is 6.47. The van der Waals surface area contributed by atoms with Crippen LogP contribution in [0.1, 0.15) is 19.3 Å². The maximum atomic E-state index is 11.6. The average Bonchev–Trinajstić information content (AvgIpc) is 2.72. The van der Waals surface area contributed by atoms with Gasteiger partial charge in [-0.25, -0.2) is 0 Å². The summed E-state index contributed by atoms with van der Waals surface area (Å²) in [5.41, 5.74) is 0. The maximum absolute atomic E-state index is 11.6. The fraction of sp³-hybridized carbons (Fsp3) is 0.615. The fourth-order valence-corrected chi connectivity index (χ4v) is 2.37. The predicted octanol–water partition coefficient (Wildman–Crippen LogP) is -0.583. The Morgan fingerprint density at radius 2 is 1.89 bits per heavy atom. The quantitative estimate of drug-likeness (QED) is 0.652. The maximum Gasteiger partial charge on any atom is 0.254 e. The molecule has 2 aliphatic heterocycles. The molecule has 104 valence electrons. The van der Waals surface area contributed by atoms with Gasteiger partial charge in [-0.1, -0.05) is 0 Å². The molecule has 0 radical (unpaired) electrons. The van der Waals surface area contributed by atoms with Gasteiger partial charge in [0.15, 0.2) is 0 Å². The van der Waals surface area contributed by atoms with Gasteiger partial charge in [-0.2, -0.15) is 0 Å². The van der Waals surface area contributed by atoms with Crippen molar-refractivity contribution < 1.29 is 14.4 Å². The molecule has 0 spiro atoms. The lowest BCUT2D eigenvalue weighted by Gasteiger charge is -2.22. The van der Waals surface area contributed by atoms with E-state index in [4.69, 9.17) is 0 Å². The number of piperidine rings is 1. The molecular weight excluding hydrogens is 246 g/mol. The zero-order valence-corrected chi connectivity index (χ0v) is 10.9. The Morgan fingerprint density at radius 1 is 1.26 bits per heavy atom. The number of hydrogen-bond donors (Lipinski definition) is 2. The van der Waals surface area contributed by atoms with Crippen LogP contribution in [0, 0.1) is 5.92 Å². The van der Waals surface area contributed by atoms with Gasteiger partial charge in [-0.3, -0.25) is 19.3 Å². The molecule has 2 rings (SSSR count). The van der Waals surface area contributed by atoms with E-state index in [0.29, 0.717) is 12.5 Å². The Labute approximate surface area is 112 Å². The summed E-state index contributed by atoms with van der Waals surface area (Å²) < 4.78 is 0. The molecule has 6 heteroatoms. The first-order valence-electron chi connectivity index (χ1n) is 6.68. The third-order valence-electron chi connectivity index (χ3n) is 3.54. The van der Waals surface area contributed by atoms with E-state index in [9.17, 15) is 14.4 Å². The number of amides is 3. The second-order valence-electron chi connectivity index (χ2n) is 4.93. The molecule has 6 nitrogen and oxygen atoms in total. The van der Waals surface area contributed by atoms with Gasteiger partial charge in [0.2, 0.25) is 5.91 Å². The van der Waals surface area contributed by atoms with Crippen LogP contribution in [0.4, 0.5) is 0 Å². The van der Waals surface area contributed by atoms with E-state index in [1.807, 2.05) is 0 Å². The summed E-state index contributed by atoms with van der Waals surface area (Å²) in [7, 11) is 0. The zero-order valence-electron chi connectivity index (χ0n) is 10.9. The minimum absolute atomic E-state index is 0.184. The van der Waals surface area contributed by atoms with Crippen LogP contribution in [-0.2, 0) is 14.4 Å². The van der Waals surface area contributed by atoms with Crippen molar-refractivity contribution in [2.45, 2.75) is 19.3 Å². The van der Waals surface area contributed by atoms with Crippen molar-refractivity contribution in [2.24, 2.45) is 5.92 Å². The van der Waals surface area contributed by atoms with E-state index >= 15 is 0 Å². The summed E-state index contributed by atoms with van der Waals surface area (Å²) in [6.45, 7) is 2.51. The van der Waals surface area contributed by atoms with Crippen molar-refractivity contribution in [3.63, 3.8) is 0 Å². The van der Waals surface area contributed by atoms with Crippen LogP contribution in [-0.4, -0.2) is 48.8 Å². The highest BCUT2D eigenvalue weighted by atomic mass is 16.2. The largest absolute Gasteiger partial charge is 0.355 e. The Kier molecular flexibility index (Phi) is 4.68. The molecule has 0 atom stereocenters. The van der Waals surface area contributed by atoms with Crippen molar-refractivity contribution in [3.8, 4) is 0 Å². The van der Waals surface area contributed by atoms with Gasteiger partial charge >= 0.3 is 0 Å². The van der Waals surface area contributed by atoms with Crippen molar-refractivity contribution in [3.05, 3.63) is 12.2 Å². The number of carbonyl (C=O) groups is 3. The number of hydrogen-bond acceptors (Lipinski definition) is 4. The molecule has 0 aliphatic carbocycles. The Morgan fingerprint density at radius 3 is 2.53 bits per heavy atom. The van der Waals surface area contributed by atoms with Crippen LogP contribution in [0.25, 0.3) is 0 Å². The van der Waals surface area contributed by atoms with Gasteiger partial charge in [0.05, 0.1) is 0 Å². The van der Waals surface area contributed by atoms with Gasteiger partial charge in [0.1, 0.15) is 6.54 Å². The zero-order chi connectivity index (χ0) is 13.7. The minimum Gasteiger partial charge on any atom is -0.355 e. The molecule has 0 unspecified atom stereocenters. The van der Waals surface area contributed by atoms with E-state index in [1.165, 1.54) is 12.2 Å². The summed E-state index contributed by atoms with van der Waals surface area (Å²) in [5, 5.41) is 6.06. The number of carbonyl (C=O) groups excluding carboxylic acids is 3. The third-order valence-corrected chi connectivity index (χ3v) is 3.54. The van der Waals surface area contributed by atoms with Crippen LogP contribution in [0.3, 0.4) is 0 Å². The average molecular weight is 265 g/mol. The smallest absolute Gasteiger partial charge is 0.254 e. The number of nitrogens with one attached hydrogen (secondary N) is 2. The van der Waals surface area contributed by atoms with Crippen molar-refractivity contribution in [2.75, 3.05) is 26.2 Å². The van der Waals surface area contributed by atoms with Gasteiger partial charge in [-0.15, -0.1) is 0 Å². The van der Waals surface area contributed by atoms with E-state index in [1.54, 1.807) is 0 Å². The highest BCUT2D eigenvalue weighted by molar-refractivity contribution is 6.14. The second-order valence-corrected chi connectivity index (χ2v) is 4.93. The van der Waals surface area contributed by atoms with Crippen molar-refractivity contribution in [1.82, 2.24) is 15.5 Å². The van der Waals surface area contributed by atoms with Crippen LogP contribution in [0.15, 0.2) is 12.2 Å². The molecule has 1 fully saturated rings. The first-order chi connectivity index (χ1) is 9.16. The van der Waals surface area contributed by atoms with Crippen molar-refractivity contribution >= 4 is 17.7 Å². The van der Waals surface area contributed by atoms with E-state index in [-0.39, 0.29) is 12.5 Å². The SMILES string of the molecule is O=C(CN1C(=O)C=CC1=O)NCCC1CCNCC1. The van der Waals surface area contributed by atoms with E-state index < -0.39 is 11.8 Å². The van der Waals surface area contributed by atoms with E-state index in [0.717, 1.165) is 37.3 Å². The molecule has 2 aliphatic rings. The normalized spacial score (nSPS) is 20.1. The fourth-order valence-electron chi connectivity index (χ4n) is 2.37. The molecule has 19 heavy (non-hydrogen) atoms. The van der Waals surface area contributed by atoms with Gasteiger partial charge in [0.25, 0.3) is 11.8 Å². The van der Waals surface area contributed by atoms with Crippen LogP contribution in [0.5, 0.6) is 0 Å². The lowest BCUT2D eigenvalue weighted by molar-refractivity contribution is -0.141. The molecule has 0 saturated carbocycles. The molecule has 2 heterocycles. The molecule has 0 aromatic carbocycles. The van der Waals surface area contributed by atoms with Gasteiger partial charge < -0.3 is 10.6 Å². The van der Waals surface area contributed by atoms with Crippen LogP contribution >= 0.6 is 0 Å². The monoisotopic (exact) mass is 265 g/mol. The summed E-state index contributed by atoms with van der Waals surface area (Å²) >= 11 is 0. The summed E-state index contributed by atoms with van der Waals surface area (Å²) in [6.07, 6.45) is 5.61. The van der Waals surface area contributed by atoms with E-state index in [2.05, 4.69) is 10.6 Å². The molecule has 0 aromatic heterocycles. The Bertz CT molecular complexity index is 382. The van der Waals surface area contributed by atoms with Gasteiger partial charge in [0, 0.05) is 18.7 Å². The molecular formula is C13H19N3O3. The highest BCUT2D eigenvalue weighted by Crippen LogP contribution is 2.14. The molecule has 3 amide bonds. The third kappa shape index (κ3) is 3.89. The highest BCUT2D eigenvalue weighted by Gasteiger charge is 2.25. The molecule has 2 N–H and O–H groups in total. The topological polar surface area (TPSA) is 78.5 Å². The van der Waals surface area contributed by atoms with Crippen LogP contribution in [0.2, 0.25) is 0 Å². The Balaban J connectivity index is 1.64. The van der Waals surface area contributed by atoms with Crippen LogP contribution < -0.4 is 10.6 Å². The summed E-state index contributed by atoms with van der Waals surface area (Å²) in [6, 6.07) is 0. The first-order valence-corrected chi connectivity index (χ1v) is 6.68. The summed E-state index contributed by atoms with van der Waals surface area (Å²) in [5.74, 6) is -0.463. The number of nitrogens with zero attached hydrogens (tertiary/aromatic N) is 1.